The maximum Gasteiger partial charge on any atom is 0.311 e. The first-order valence-corrected chi connectivity index (χ1v) is 7.21. The molecule has 122 valence electrons. The third kappa shape index (κ3) is 4.35. The third-order valence-electron chi connectivity index (χ3n) is 3.42. The summed E-state index contributed by atoms with van der Waals surface area (Å²) in [7, 11) is 1.60. The van der Waals surface area contributed by atoms with Crippen molar-refractivity contribution >= 4 is 11.9 Å². The SMILES string of the molecule is COc1cccc(CCNC(=O)c2c(C)coc2CC(=O)O)c1. The fourth-order valence-corrected chi connectivity index (χ4v) is 2.31. The molecule has 0 spiro atoms. The fourth-order valence-electron chi connectivity index (χ4n) is 2.31. The van der Waals surface area contributed by atoms with E-state index >= 15 is 0 Å². The summed E-state index contributed by atoms with van der Waals surface area (Å²) in [6, 6.07) is 7.61. The van der Waals surface area contributed by atoms with Gasteiger partial charge in [0.25, 0.3) is 5.91 Å². The monoisotopic (exact) mass is 317 g/mol. The summed E-state index contributed by atoms with van der Waals surface area (Å²) in [5.41, 5.74) is 1.97. The molecule has 0 saturated carbocycles. The number of aryl methyl sites for hydroxylation is 1. The summed E-state index contributed by atoms with van der Waals surface area (Å²) in [5.74, 6) is -0.419. The van der Waals surface area contributed by atoms with Gasteiger partial charge in [-0.15, -0.1) is 0 Å². The number of benzene rings is 1. The number of carboxylic acids is 1. The predicted molar refractivity (Wildman–Crippen MR) is 83.8 cm³/mol. The van der Waals surface area contributed by atoms with Gasteiger partial charge in [-0.25, -0.2) is 0 Å². The first-order chi connectivity index (χ1) is 11.0. The Morgan fingerprint density at radius 3 is 2.83 bits per heavy atom. The molecule has 2 N–H and O–H groups in total. The molecule has 2 rings (SSSR count). The standard InChI is InChI=1S/C17H19NO5/c1-11-10-23-14(9-15(19)20)16(11)17(21)18-7-6-12-4-3-5-13(8-12)22-2/h3-5,8,10H,6-7,9H2,1-2H3,(H,18,21)(H,19,20). The number of furan rings is 1. The van der Waals surface area contributed by atoms with Crippen LogP contribution in [0.5, 0.6) is 5.75 Å². The second kappa shape index (κ2) is 7.49. The summed E-state index contributed by atoms with van der Waals surface area (Å²) in [4.78, 5) is 23.1. The van der Waals surface area contributed by atoms with Crippen molar-refractivity contribution in [2.24, 2.45) is 0 Å². The summed E-state index contributed by atoms with van der Waals surface area (Å²) in [6.07, 6.45) is 1.73. The zero-order chi connectivity index (χ0) is 16.8. The van der Waals surface area contributed by atoms with E-state index in [1.165, 1.54) is 6.26 Å². The van der Waals surface area contributed by atoms with E-state index in [2.05, 4.69) is 5.32 Å². The molecule has 0 aliphatic rings. The molecule has 0 fully saturated rings. The zero-order valence-electron chi connectivity index (χ0n) is 13.1. The highest BCUT2D eigenvalue weighted by molar-refractivity contribution is 5.97. The molecule has 0 aliphatic carbocycles. The average molecular weight is 317 g/mol. The van der Waals surface area contributed by atoms with Crippen molar-refractivity contribution in [3.63, 3.8) is 0 Å². The van der Waals surface area contributed by atoms with E-state index < -0.39 is 5.97 Å². The van der Waals surface area contributed by atoms with Crippen LogP contribution >= 0.6 is 0 Å². The summed E-state index contributed by atoms with van der Waals surface area (Å²) >= 11 is 0. The number of hydrogen-bond donors (Lipinski definition) is 2. The molecule has 0 aliphatic heterocycles. The molecule has 0 saturated heterocycles. The fraction of sp³-hybridized carbons (Fsp3) is 0.294. The number of methoxy groups -OCH3 is 1. The van der Waals surface area contributed by atoms with E-state index in [-0.39, 0.29) is 18.1 Å². The van der Waals surface area contributed by atoms with Gasteiger partial charge in [0.15, 0.2) is 0 Å². The molecule has 0 unspecified atom stereocenters. The largest absolute Gasteiger partial charge is 0.497 e. The van der Waals surface area contributed by atoms with Crippen molar-refractivity contribution < 1.29 is 23.8 Å². The Kier molecular flexibility index (Phi) is 5.41. The van der Waals surface area contributed by atoms with Crippen molar-refractivity contribution in [3.05, 3.63) is 53.0 Å². The van der Waals surface area contributed by atoms with E-state index in [1.807, 2.05) is 24.3 Å². The normalized spacial score (nSPS) is 10.3. The number of carbonyl (C=O) groups excluding carboxylic acids is 1. The van der Waals surface area contributed by atoms with Crippen LogP contribution < -0.4 is 10.1 Å². The number of rotatable bonds is 7. The summed E-state index contributed by atoms with van der Waals surface area (Å²) < 4.78 is 10.3. The maximum absolute atomic E-state index is 12.3. The van der Waals surface area contributed by atoms with Gasteiger partial charge in [-0.3, -0.25) is 9.59 Å². The molecule has 0 atom stereocenters. The highest BCUT2D eigenvalue weighted by atomic mass is 16.5. The number of carboxylic acid groups (broad SMARTS) is 1. The minimum atomic E-state index is -1.04. The van der Waals surface area contributed by atoms with Crippen LogP contribution in [0.2, 0.25) is 0 Å². The van der Waals surface area contributed by atoms with Crippen molar-refractivity contribution in [3.8, 4) is 5.75 Å². The average Bonchev–Trinajstić information content (AvgIpc) is 2.87. The van der Waals surface area contributed by atoms with Crippen LogP contribution in [-0.4, -0.2) is 30.6 Å². The highest BCUT2D eigenvalue weighted by Gasteiger charge is 2.20. The van der Waals surface area contributed by atoms with Crippen LogP contribution in [0.4, 0.5) is 0 Å². The number of hydrogen-bond acceptors (Lipinski definition) is 4. The molecule has 0 radical (unpaired) electrons. The van der Waals surface area contributed by atoms with Crippen LogP contribution in [0.1, 0.15) is 27.2 Å². The smallest absolute Gasteiger partial charge is 0.311 e. The molecule has 6 nitrogen and oxygen atoms in total. The van der Waals surface area contributed by atoms with E-state index in [1.54, 1.807) is 14.0 Å². The van der Waals surface area contributed by atoms with Crippen molar-refractivity contribution in [1.82, 2.24) is 5.32 Å². The van der Waals surface area contributed by atoms with E-state index in [9.17, 15) is 9.59 Å². The topological polar surface area (TPSA) is 88.8 Å². The van der Waals surface area contributed by atoms with Crippen molar-refractivity contribution in [1.29, 1.82) is 0 Å². The molecular formula is C17H19NO5. The number of nitrogens with one attached hydrogen (secondary N) is 1. The molecule has 23 heavy (non-hydrogen) atoms. The lowest BCUT2D eigenvalue weighted by Gasteiger charge is -2.07. The van der Waals surface area contributed by atoms with Crippen molar-refractivity contribution in [2.75, 3.05) is 13.7 Å². The van der Waals surface area contributed by atoms with Gasteiger partial charge in [0.1, 0.15) is 17.9 Å². The van der Waals surface area contributed by atoms with Gasteiger partial charge >= 0.3 is 5.97 Å². The molecule has 1 aromatic carbocycles. The molecule has 2 aromatic rings. The van der Waals surface area contributed by atoms with E-state index in [0.29, 0.717) is 24.1 Å². The number of carbonyl (C=O) groups is 2. The van der Waals surface area contributed by atoms with Crippen LogP contribution in [-0.2, 0) is 17.6 Å². The Bertz CT molecular complexity index is 705. The van der Waals surface area contributed by atoms with Gasteiger partial charge in [-0.05, 0) is 31.0 Å². The Hall–Kier alpha value is -2.76. The summed E-state index contributed by atoms with van der Waals surface area (Å²) in [6.45, 7) is 2.15. The van der Waals surface area contributed by atoms with Gasteiger partial charge < -0.3 is 19.6 Å². The van der Waals surface area contributed by atoms with Gasteiger partial charge in [0.2, 0.25) is 0 Å². The Balaban J connectivity index is 1.97. The van der Waals surface area contributed by atoms with Gasteiger partial charge in [-0.1, -0.05) is 12.1 Å². The molecule has 1 amide bonds. The summed E-state index contributed by atoms with van der Waals surface area (Å²) in [5, 5.41) is 11.6. The quantitative estimate of drug-likeness (QED) is 0.817. The van der Waals surface area contributed by atoms with Gasteiger partial charge in [-0.2, -0.15) is 0 Å². The molecule has 1 heterocycles. The van der Waals surface area contributed by atoms with Crippen LogP contribution in [0.25, 0.3) is 0 Å². The Morgan fingerprint density at radius 1 is 1.35 bits per heavy atom. The first kappa shape index (κ1) is 16.6. The predicted octanol–water partition coefficient (Wildman–Crippen LogP) is 2.20. The second-order valence-corrected chi connectivity index (χ2v) is 5.14. The molecule has 6 heteroatoms. The van der Waals surface area contributed by atoms with Crippen LogP contribution in [0.3, 0.4) is 0 Å². The van der Waals surface area contributed by atoms with E-state index in [4.69, 9.17) is 14.3 Å². The Labute approximate surface area is 134 Å². The van der Waals surface area contributed by atoms with Crippen LogP contribution in [0, 0.1) is 6.92 Å². The van der Waals surface area contributed by atoms with E-state index in [0.717, 1.165) is 11.3 Å². The van der Waals surface area contributed by atoms with Gasteiger partial charge in [0.05, 0.1) is 18.9 Å². The Morgan fingerprint density at radius 2 is 2.13 bits per heavy atom. The number of ether oxygens (including phenoxy) is 1. The van der Waals surface area contributed by atoms with Crippen LogP contribution in [0.15, 0.2) is 34.9 Å². The van der Waals surface area contributed by atoms with Crippen molar-refractivity contribution in [2.45, 2.75) is 19.8 Å². The zero-order valence-corrected chi connectivity index (χ0v) is 13.1. The number of aliphatic carboxylic acids is 1. The van der Waals surface area contributed by atoms with Gasteiger partial charge in [0, 0.05) is 12.1 Å². The lowest BCUT2D eigenvalue weighted by molar-refractivity contribution is -0.136. The lowest BCUT2D eigenvalue weighted by atomic mass is 10.1. The highest BCUT2D eigenvalue weighted by Crippen LogP contribution is 2.17. The third-order valence-corrected chi connectivity index (χ3v) is 3.42. The second-order valence-electron chi connectivity index (χ2n) is 5.14. The number of amides is 1. The minimum Gasteiger partial charge on any atom is -0.497 e. The molecule has 1 aromatic heterocycles. The molecular weight excluding hydrogens is 298 g/mol. The minimum absolute atomic E-state index is 0.175. The maximum atomic E-state index is 12.3. The lowest BCUT2D eigenvalue weighted by Crippen LogP contribution is -2.27. The molecule has 0 bridgehead atoms. The first-order valence-electron chi connectivity index (χ1n) is 7.21.